The first-order chi connectivity index (χ1) is 8.63. The van der Waals surface area contributed by atoms with Gasteiger partial charge in [0.2, 0.25) is 5.91 Å². The van der Waals surface area contributed by atoms with E-state index in [1.807, 2.05) is 25.1 Å². The van der Waals surface area contributed by atoms with Gasteiger partial charge < -0.3 is 10.6 Å². The summed E-state index contributed by atoms with van der Waals surface area (Å²) < 4.78 is 1.06. The Morgan fingerprint density at radius 1 is 1.33 bits per heavy atom. The minimum absolute atomic E-state index is 0.0562. The zero-order valence-electron chi connectivity index (χ0n) is 11.1. The summed E-state index contributed by atoms with van der Waals surface area (Å²) in [6, 6.07) is 5.82. The second kappa shape index (κ2) is 8.27. The second-order valence-electron chi connectivity index (χ2n) is 4.37. The Morgan fingerprint density at radius 3 is 2.78 bits per heavy atom. The third-order valence-corrected chi connectivity index (χ3v) is 3.57. The molecule has 18 heavy (non-hydrogen) atoms. The van der Waals surface area contributed by atoms with Crippen molar-refractivity contribution < 1.29 is 4.79 Å². The third kappa shape index (κ3) is 5.65. The van der Waals surface area contributed by atoms with Gasteiger partial charge in [0.25, 0.3) is 0 Å². The van der Waals surface area contributed by atoms with Crippen LogP contribution in [0.3, 0.4) is 0 Å². The largest absolute Gasteiger partial charge is 0.326 e. The van der Waals surface area contributed by atoms with Crippen LogP contribution in [0, 0.1) is 6.92 Å². The molecule has 1 aromatic rings. The first-order valence-corrected chi connectivity index (χ1v) is 7.19. The topological polar surface area (TPSA) is 41.1 Å². The van der Waals surface area contributed by atoms with E-state index in [9.17, 15) is 4.79 Å². The molecule has 0 atom stereocenters. The summed E-state index contributed by atoms with van der Waals surface area (Å²) >= 11 is 3.44. The Bertz CT molecular complexity index is 393. The van der Waals surface area contributed by atoms with E-state index in [4.69, 9.17) is 0 Å². The number of unbranched alkanes of at least 4 members (excludes halogenated alkanes) is 1. The molecule has 0 spiro atoms. The van der Waals surface area contributed by atoms with Gasteiger partial charge >= 0.3 is 0 Å². The third-order valence-electron chi connectivity index (χ3n) is 2.68. The van der Waals surface area contributed by atoms with Gasteiger partial charge in [-0.1, -0.05) is 29.3 Å². The summed E-state index contributed by atoms with van der Waals surface area (Å²) in [5, 5.41) is 6.16. The molecule has 1 rings (SSSR count). The summed E-state index contributed by atoms with van der Waals surface area (Å²) in [5.74, 6) is 0.0562. The van der Waals surface area contributed by atoms with Gasteiger partial charge in [0.05, 0.1) is 0 Å². The number of carbonyl (C=O) groups is 1. The van der Waals surface area contributed by atoms with E-state index in [0.29, 0.717) is 6.42 Å². The van der Waals surface area contributed by atoms with Crippen molar-refractivity contribution in [1.29, 1.82) is 0 Å². The number of aryl methyl sites for hydroxylation is 1. The summed E-state index contributed by atoms with van der Waals surface area (Å²) in [6.07, 6.45) is 2.85. The Morgan fingerprint density at radius 2 is 2.11 bits per heavy atom. The predicted molar refractivity (Wildman–Crippen MR) is 79.9 cm³/mol. The Balaban J connectivity index is 2.29. The van der Waals surface area contributed by atoms with Crippen molar-refractivity contribution in [2.45, 2.75) is 33.1 Å². The van der Waals surface area contributed by atoms with Gasteiger partial charge in [-0.2, -0.15) is 0 Å². The zero-order chi connectivity index (χ0) is 13.4. The minimum atomic E-state index is 0.0562. The molecule has 0 bridgehead atoms. The molecule has 3 nitrogen and oxygen atoms in total. The van der Waals surface area contributed by atoms with Crippen LogP contribution in [-0.4, -0.2) is 19.0 Å². The van der Waals surface area contributed by atoms with Crippen LogP contribution in [0.5, 0.6) is 0 Å². The molecule has 1 amide bonds. The van der Waals surface area contributed by atoms with Crippen molar-refractivity contribution in [2.24, 2.45) is 0 Å². The van der Waals surface area contributed by atoms with Crippen LogP contribution in [0.15, 0.2) is 22.7 Å². The monoisotopic (exact) mass is 312 g/mol. The van der Waals surface area contributed by atoms with Gasteiger partial charge in [0.1, 0.15) is 0 Å². The van der Waals surface area contributed by atoms with Crippen LogP contribution in [-0.2, 0) is 4.79 Å². The van der Waals surface area contributed by atoms with E-state index in [-0.39, 0.29) is 5.91 Å². The van der Waals surface area contributed by atoms with Crippen LogP contribution >= 0.6 is 15.9 Å². The maximum Gasteiger partial charge on any atom is 0.225 e. The van der Waals surface area contributed by atoms with Gasteiger partial charge in [-0.3, -0.25) is 4.79 Å². The van der Waals surface area contributed by atoms with E-state index in [1.54, 1.807) is 0 Å². The number of halogens is 1. The fraction of sp³-hybridized carbons (Fsp3) is 0.500. The SMILES string of the molecule is CCCCNCCC(=O)Nc1ccc(Br)c(C)c1. The van der Waals surface area contributed by atoms with Crippen LogP contribution in [0.2, 0.25) is 0 Å². The van der Waals surface area contributed by atoms with E-state index >= 15 is 0 Å². The molecule has 0 fully saturated rings. The smallest absolute Gasteiger partial charge is 0.225 e. The lowest BCUT2D eigenvalue weighted by Gasteiger charge is -2.07. The number of anilines is 1. The fourth-order valence-corrected chi connectivity index (χ4v) is 1.82. The number of rotatable bonds is 7. The summed E-state index contributed by atoms with van der Waals surface area (Å²) in [6.45, 7) is 5.89. The average molecular weight is 313 g/mol. The lowest BCUT2D eigenvalue weighted by Crippen LogP contribution is -2.22. The van der Waals surface area contributed by atoms with Crippen molar-refractivity contribution in [3.63, 3.8) is 0 Å². The highest BCUT2D eigenvalue weighted by molar-refractivity contribution is 9.10. The quantitative estimate of drug-likeness (QED) is 0.757. The molecule has 0 radical (unpaired) electrons. The van der Waals surface area contributed by atoms with Crippen molar-refractivity contribution in [1.82, 2.24) is 5.32 Å². The molecular formula is C14H21BrN2O. The normalized spacial score (nSPS) is 10.4. The minimum Gasteiger partial charge on any atom is -0.326 e. The molecule has 4 heteroatoms. The number of nitrogens with one attached hydrogen (secondary N) is 2. The molecule has 0 aliphatic rings. The number of hydrogen-bond donors (Lipinski definition) is 2. The molecule has 1 aromatic carbocycles. The van der Waals surface area contributed by atoms with Crippen molar-refractivity contribution in [3.8, 4) is 0 Å². The highest BCUT2D eigenvalue weighted by Gasteiger charge is 2.03. The molecule has 0 aromatic heterocycles. The Kier molecular flexibility index (Phi) is 6.98. The van der Waals surface area contributed by atoms with Gasteiger partial charge in [-0.05, 0) is 43.7 Å². The lowest BCUT2D eigenvalue weighted by molar-refractivity contribution is -0.116. The van der Waals surface area contributed by atoms with Gasteiger partial charge in [-0.15, -0.1) is 0 Å². The van der Waals surface area contributed by atoms with E-state index in [0.717, 1.165) is 35.2 Å². The molecule has 0 heterocycles. The molecule has 0 aliphatic heterocycles. The standard InChI is InChI=1S/C14H21BrN2O/c1-3-4-8-16-9-7-14(18)17-12-5-6-13(15)11(2)10-12/h5-6,10,16H,3-4,7-9H2,1-2H3,(H,17,18). The average Bonchev–Trinajstić information content (AvgIpc) is 2.34. The number of benzene rings is 1. The van der Waals surface area contributed by atoms with Crippen LogP contribution < -0.4 is 10.6 Å². The van der Waals surface area contributed by atoms with Crippen molar-refractivity contribution in [3.05, 3.63) is 28.2 Å². The maximum atomic E-state index is 11.7. The van der Waals surface area contributed by atoms with Gasteiger partial charge in [0, 0.05) is 23.1 Å². The highest BCUT2D eigenvalue weighted by Crippen LogP contribution is 2.19. The van der Waals surface area contributed by atoms with Crippen molar-refractivity contribution >= 4 is 27.5 Å². The molecular weight excluding hydrogens is 292 g/mol. The van der Waals surface area contributed by atoms with Crippen LogP contribution in [0.4, 0.5) is 5.69 Å². The number of hydrogen-bond acceptors (Lipinski definition) is 2. The molecule has 0 unspecified atom stereocenters. The fourth-order valence-electron chi connectivity index (χ4n) is 1.57. The van der Waals surface area contributed by atoms with Gasteiger partial charge in [-0.25, -0.2) is 0 Å². The van der Waals surface area contributed by atoms with Crippen LogP contribution in [0.1, 0.15) is 31.7 Å². The lowest BCUT2D eigenvalue weighted by atomic mass is 10.2. The zero-order valence-corrected chi connectivity index (χ0v) is 12.6. The molecule has 2 N–H and O–H groups in total. The molecule has 100 valence electrons. The first-order valence-electron chi connectivity index (χ1n) is 6.40. The van der Waals surface area contributed by atoms with Gasteiger partial charge in [0.15, 0.2) is 0 Å². The van der Waals surface area contributed by atoms with E-state index < -0.39 is 0 Å². The maximum absolute atomic E-state index is 11.7. The second-order valence-corrected chi connectivity index (χ2v) is 5.22. The van der Waals surface area contributed by atoms with Crippen molar-refractivity contribution in [2.75, 3.05) is 18.4 Å². The summed E-state index contributed by atoms with van der Waals surface area (Å²) in [7, 11) is 0. The Labute approximate surface area is 117 Å². The van der Waals surface area contributed by atoms with E-state index in [2.05, 4.69) is 33.5 Å². The van der Waals surface area contributed by atoms with Crippen LogP contribution in [0.25, 0.3) is 0 Å². The molecule has 0 aliphatic carbocycles. The first kappa shape index (κ1) is 15.2. The number of carbonyl (C=O) groups excluding carboxylic acids is 1. The number of amides is 1. The molecule has 0 saturated carbocycles. The highest BCUT2D eigenvalue weighted by atomic mass is 79.9. The summed E-state index contributed by atoms with van der Waals surface area (Å²) in [5.41, 5.74) is 1.98. The van der Waals surface area contributed by atoms with E-state index in [1.165, 1.54) is 6.42 Å². The summed E-state index contributed by atoms with van der Waals surface area (Å²) in [4.78, 5) is 11.7. The predicted octanol–water partition coefficient (Wildman–Crippen LogP) is 3.48. The molecule has 0 saturated heterocycles. The Hall–Kier alpha value is -0.870.